The highest BCUT2D eigenvalue weighted by atomic mass is 79.9. The number of halogens is 1. The molecule has 0 aromatic heterocycles. The Morgan fingerprint density at radius 2 is 1.80 bits per heavy atom. The minimum absolute atomic E-state index is 0.553. The van der Waals surface area contributed by atoms with Gasteiger partial charge >= 0.3 is 0 Å². The summed E-state index contributed by atoms with van der Waals surface area (Å²) < 4.78 is 6.74. The third kappa shape index (κ3) is 2.78. The Morgan fingerprint density at radius 1 is 1.00 bits per heavy atom. The summed E-state index contributed by atoms with van der Waals surface area (Å²) in [6.45, 7) is 0. The van der Waals surface area contributed by atoms with Crippen molar-refractivity contribution in [3.63, 3.8) is 0 Å². The van der Waals surface area contributed by atoms with Crippen LogP contribution in [0.3, 0.4) is 0 Å². The quantitative estimate of drug-likeness (QED) is 0.745. The average molecular weight is 331 g/mol. The number of aldehydes is 1. The third-order valence-electron chi connectivity index (χ3n) is 3.65. The zero-order chi connectivity index (χ0) is 13.9. The summed E-state index contributed by atoms with van der Waals surface area (Å²) in [5, 5.41) is 0. The van der Waals surface area contributed by atoms with E-state index in [0.717, 1.165) is 29.4 Å². The van der Waals surface area contributed by atoms with Crippen molar-refractivity contribution in [2.75, 3.05) is 0 Å². The Labute approximate surface area is 126 Å². The monoisotopic (exact) mass is 330 g/mol. The van der Waals surface area contributed by atoms with E-state index in [9.17, 15) is 4.79 Å². The van der Waals surface area contributed by atoms with Crippen LogP contribution in [0.2, 0.25) is 0 Å². The zero-order valence-electron chi connectivity index (χ0n) is 11.1. The minimum Gasteiger partial charge on any atom is -0.457 e. The van der Waals surface area contributed by atoms with E-state index in [2.05, 4.69) is 28.1 Å². The van der Waals surface area contributed by atoms with E-state index in [1.807, 2.05) is 18.2 Å². The maximum atomic E-state index is 11.1. The molecule has 0 spiro atoms. The highest BCUT2D eigenvalue weighted by Gasteiger charge is 2.11. The van der Waals surface area contributed by atoms with Gasteiger partial charge in [-0.05, 0) is 67.1 Å². The van der Waals surface area contributed by atoms with Gasteiger partial charge in [0, 0.05) is 4.47 Å². The van der Waals surface area contributed by atoms with Crippen LogP contribution in [0.4, 0.5) is 0 Å². The van der Waals surface area contributed by atoms with Gasteiger partial charge in [-0.1, -0.05) is 22.0 Å². The van der Waals surface area contributed by atoms with E-state index >= 15 is 0 Å². The maximum absolute atomic E-state index is 11.1. The molecular formula is C17H15BrO2. The lowest BCUT2D eigenvalue weighted by atomic mass is 9.92. The van der Waals surface area contributed by atoms with Crippen LogP contribution in [0.25, 0.3) is 0 Å². The van der Waals surface area contributed by atoms with Crippen LogP contribution < -0.4 is 4.74 Å². The summed E-state index contributed by atoms with van der Waals surface area (Å²) in [7, 11) is 0. The number of carbonyl (C=O) groups is 1. The fourth-order valence-electron chi connectivity index (χ4n) is 2.60. The second-order valence-corrected chi connectivity index (χ2v) is 5.96. The van der Waals surface area contributed by atoms with E-state index in [0.29, 0.717) is 11.3 Å². The van der Waals surface area contributed by atoms with Gasteiger partial charge in [-0.15, -0.1) is 0 Å². The molecule has 0 N–H and O–H groups in total. The highest BCUT2D eigenvalue weighted by molar-refractivity contribution is 9.10. The SMILES string of the molecule is O=Cc1cc(Br)ccc1Oc1ccc2c(c1)CCCC2. The van der Waals surface area contributed by atoms with Crippen LogP contribution >= 0.6 is 15.9 Å². The van der Waals surface area contributed by atoms with Gasteiger partial charge < -0.3 is 4.74 Å². The van der Waals surface area contributed by atoms with Gasteiger partial charge in [0.05, 0.1) is 5.56 Å². The van der Waals surface area contributed by atoms with Gasteiger partial charge in [0.25, 0.3) is 0 Å². The van der Waals surface area contributed by atoms with E-state index in [-0.39, 0.29) is 0 Å². The van der Waals surface area contributed by atoms with Crippen molar-refractivity contribution < 1.29 is 9.53 Å². The first kappa shape index (κ1) is 13.4. The molecule has 2 nitrogen and oxygen atoms in total. The van der Waals surface area contributed by atoms with Crippen molar-refractivity contribution in [2.45, 2.75) is 25.7 Å². The minimum atomic E-state index is 0.553. The van der Waals surface area contributed by atoms with Gasteiger partial charge in [-0.3, -0.25) is 4.79 Å². The molecule has 0 aliphatic heterocycles. The molecule has 2 aromatic rings. The molecule has 102 valence electrons. The highest BCUT2D eigenvalue weighted by Crippen LogP contribution is 2.30. The lowest BCUT2D eigenvalue weighted by Gasteiger charge is -2.17. The molecule has 0 unspecified atom stereocenters. The van der Waals surface area contributed by atoms with Gasteiger partial charge in [0.1, 0.15) is 11.5 Å². The van der Waals surface area contributed by atoms with Crippen molar-refractivity contribution in [3.05, 3.63) is 57.6 Å². The van der Waals surface area contributed by atoms with Crippen LogP contribution in [0.1, 0.15) is 34.3 Å². The number of ether oxygens (including phenoxy) is 1. The molecule has 0 saturated heterocycles. The van der Waals surface area contributed by atoms with Crippen molar-refractivity contribution in [1.82, 2.24) is 0 Å². The Balaban J connectivity index is 1.89. The summed E-state index contributed by atoms with van der Waals surface area (Å²) in [6, 6.07) is 11.7. The summed E-state index contributed by atoms with van der Waals surface area (Å²) in [4.78, 5) is 11.1. The molecule has 20 heavy (non-hydrogen) atoms. The molecule has 0 bridgehead atoms. The predicted octanol–water partition coefficient (Wildman–Crippen LogP) is 4.93. The Hall–Kier alpha value is -1.61. The Morgan fingerprint density at radius 3 is 2.60 bits per heavy atom. The maximum Gasteiger partial charge on any atom is 0.153 e. The zero-order valence-corrected chi connectivity index (χ0v) is 12.7. The number of carbonyl (C=O) groups excluding carboxylic acids is 1. The molecular weight excluding hydrogens is 316 g/mol. The molecule has 1 aliphatic rings. The standard InChI is InChI=1S/C17H15BrO2/c18-15-6-8-17(14(9-15)11-19)20-16-7-5-12-3-1-2-4-13(12)10-16/h5-11H,1-4H2. The molecule has 0 amide bonds. The molecule has 0 radical (unpaired) electrons. The number of hydrogen-bond acceptors (Lipinski definition) is 2. The van der Waals surface area contributed by atoms with Gasteiger partial charge in [0.15, 0.2) is 6.29 Å². The average Bonchev–Trinajstić information content (AvgIpc) is 2.49. The predicted molar refractivity (Wildman–Crippen MR) is 82.7 cm³/mol. The smallest absolute Gasteiger partial charge is 0.153 e. The van der Waals surface area contributed by atoms with E-state index in [4.69, 9.17) is 4.74 Å². The van der Waals surface area contributed by atoms with Crippen molar-refractivity contribution >= 4 is 22.2 Å². The Kier molecular flexibility index (Phi) is 3.88. The number of fused-ring (bicyclic) bond motifs is 1. The fourth-order valence-corrected chi connectivity index (χ4v) is 2.98. The van der Waals surface area contributed by atoms with Gasteiger partial charge in [-0.2, -0.15) is 0 Å². The normalized spacial score (nSPS) is 13.7. The molecule has 1 aliphatic carbocycles. The lowest BCUT2D eigenvalue weighted by Crippen LogP contribution is -2.02. The first-order valence-electron chi connectivity index (χ1n) is 6.80. The first-order chi connectivity index (χ1) is 9.76. The summed E-state index contributed by atoms with van der Waals surface area (Å²) in [6.07, 6.45) is 5.61. The van der Waals surface area contributed by atoms with Crippen LogP contribution in [0.15, 0.2) is 40.9 Å². The summed E-state index contributed by atoms with van der Waals surface area (Å²) in [5.41, 5.74) is 3.35. The molecule has 0 heterocycles. The Bertz CT molecular complexity index is 649. The van der Waals surface area contributed by atoms with Crippen molar-refractivity contribution in [2.24, 2.45) is 0 Å². The van der Waals surface area contributed by atoms with Crippen LogP contribution in [-0.4, -0.2) is 6.29 Å². The van der Waals surface area contributed by atoms with Crippen LogP contribution in [0.5, 0.6) is 11.5 Å². The molecule has 2 aromatic carbocycles. The lowest BCUT2D eigenvalue weighted by molar-refractivity contribution is 0.112. The molecule has 0 fully saturated rings. The van der Waals surface area contributed by atoms with E-state index in [1.165, 1.54) is 24.0 Å². The number of rotatable bonds is 3. The number of benzene rings is 2. The fraction of sp³-hybridized carbons (Fsp3) is 0.235. The van der Waals surface area contributed by atoms with Crippen LogP contribution in [0, 0.1) is 0 Å². The van der Waals surface area contributed by atoms with Gasteiger partial charge in [-0.25, -0.2) is 0 Å². The van der Waals surface area contributed by atoms with Gasteiger partial charge in [0.2, 0.25) is 0 Å². The topological polar surface area (TPSA) is 26.3 Å². The van der Waals surface area contributed by atoms with Crippen molar-refractivity contribution in [1.29, 1.82) is 0 Å². The first-order valence-corrected chi connectivity index (χ1v) is 7.60. The number of aryl methyl sites for hydroxylation is 2. The van der Waals surface area contributed by atoms with E-state index in [1.54, 1.807) is 6.07 Å². The van der Waals surface area contributed by atoms with Crippen LogP contribution in [-0.2, 0) is 12.8 Å². The second-order valence-electron chi connectivity index (χ2n) is 5.04. The molecule has 3 heteroatoms. The molecule has 3 rings (SSSR count). The second kappa shape index (κ2) is 5.80. The largest absolute Gasteiger partial charge is 0.457 e. The summed E-state index contributed by atoms with van der Waals surface area (Å²) >= 11 is 3.36. The summed E-state index contributed by atoms with van der Waals surface area (Å²) in [5.74, 6) is 1.40. The third-order valence-corrected chi connectivity index (χ3v) is 4.14. The van der Waals surface area contributed by atoms with E-state index < -0.39 is 0 Å². The van der Waals surface area contributed by atoms with Crippen molar-refractivity contribution in [3.8, 4) is 11.5 Å². The molecule has 0 atom stereocenters. The molecule has 0 saturated carbocycles. The number of hydrogen-bond donors (Lipinski definition) is 0.